The first-order valence-electron chi connectivity index (χ1n) is 9.86. The van der Waals surface area contributed by atoms with Gasteiger partial charge in [-0.25, -0.2) is 0 Å². The van der Waals surface area contributed by atoms with Crippen LogP contribution < -0.4 is 4.90 Å². The minimum Gasteiger partial charge on any atom is -0.370 e. The van der Waals surface area contributed by atoms with Crippen LogP contribution in [0.25, 0.3) is 0 Å². The molecule has 1 aliphatic rings. The molecule has 5 nitrogen and oxygen atoms in total. The lowest BCUT2D eigenvalue weighted by Crippen LogP contribution is -2.47. The van der Waals surface area contributed by atoms with Crippen molar-refractivity contribution in [1.82, 2.24) is 4.90 Å². The van der Waals surface area contributed by atoms with Crippen molar-refractivity contribution in [3.63, 3.8) is 0 Å². The van der Waals surface area contributed by atoms with E-state index in [9.17, 15) is 14.3 Å². The Balaban J connectivity index is 1.64. The van der Waals surface area contributed by atoms with E-state index in [1.165, 1.54) is 0 Å². The van der Waals surface area contributed by atoms with E-state index in [0.717, 1.165) is 29.0 Å². The summed E-state index contributed by atoms with van der Waals surface area (Å²) in [7, 11) is 0.827. The minimum absolute atomic E-state index is 0.127. The van der Waals surface area contributed by atoms with Gasteiger partial charge >= 0.3 is 0 Å². The Morgan fingerprint density at radius 3 is 2.43 bits per heavy atom. The van der Waals surface area contributed by atoms with Gasteiger partial charge in [-0.15, -0.1) is 0 Å². The third kappa shape index (κ3) is 4.85. The third-order valence-corrected chi connectivity index (χ3v) is 7.00. The molecule has 0 radical (unpaired) electrons. The summed E-state index contributed by atoms with van der Waals surface area (Å²) in [5, 5.41) is 9.96. The largest absolute Gasteiger partial charge is 0.370 e. The highest BCUT2D eigenvalue weighted by Crippen LogP contribution is 2.36. The first-order valence-corrected chi connectivity index (χ1v) is 11.8. The van der Waals surface area contributed by atoms with Crippen molar-refractivity contribution in [2.45, 2.75) is 31.2 Å². The van der Waals surface area contributed by atoms with Gasteiger partial charge in [-0.3, -0.25) is 9.00 Å². The number of hydrogen-bond donors (Lipinski definition) is 0. The number of nitriles is 1. The maximum Gasteiger partial charge on any atom is 0.228 e. The van der Waals surface area contributed by atoms with Gasteiger partial charge in [-0.05, 0) is 48.7 Å². The molecule has 1 fully saturated rings. The van der Waals surface area contributed by atoms with E-state index in [1.807, 2.05) is 44.3 Å². The molecule has 2 aromatic carbocycles. The molecule has 3 rings (SSSR count). The average Bonchev–Trinajstić information content (AvgIpc) is 2.74. The van der Waals surface area contributed by atoms with E-state index in [2.05, 4.69) is 11.0 Å². The summed E-state index contributed by atoms with van der Waals surface area (Å²) in [5.41, 5.74) is 2.01. The molecule has 0 aliphatic carbocycles. The molecule has 0 bridgehead atoms. The highest BCUT2D eigenvalue weighted by atomic mass is 35.5. The predicted molar refractivity (Wildman–Crippen MR) is 121 cm³/mol. The van der Waals surface area contributed by atoms with Crippen LogP contribution in [-0.2, 0) is 22.1 Å². The van der Waals surface area contributed by atoms with Crippen molar-refractivity contribution in [3.8, 4) is 6.07 Å². The molecule has 30 heavy (non-hydrogen) atoms. The van der Waals surface area contributed by atoms with Crippen molar-refractivity contribution >= 4 is 34.0 Å². The van der Waals surface area contributed by atoms with Crippen molar-refractivity contribution < 1.29 is 9.00 Å². The van der Waals surface area contributed by atoms with E-state index >= 15 is 0 Å². The summed E-state index contributed by atoms with van der Waals surface area (Å²) in [6.07, 6.45) is 3.09. The molecule has 1 amide bonds. The van der Waals surface area contributed by atoms with E-state index in [4.69, 9.17) is 11.6 Å². The number of rotatable bonds is 5. The third-order valence-electron chi connectivity index (χ3n) is 5.82. The minimum atomic E-state index is -1.01. The zero-order valence-corrected chi connectivity index (χ0v) is 19.1. The van der Waals surface area contributed by atoms with Gasteiger partial charge in [-0.2, -0.15) is 5.26 Å². The van der Waals surface area contributed by atoms with Gasteiger partial charge < -0.3 is 9.80 Å². The number of carbonyl (C=O) groups excluding carboxylic acids is 1. The van der Waals surface area contributed by atoms with Gasteiger partial charge in [-0.1, -0.05) is 30.7 Å². The van der Waals surface area contributed by atoms with E-state index in [1.54, 1.807) is 23.3 Å². The molecule has 1 aliphatic heterocycles. The lowest BCUT2D eigenvalue weighted by Gasteiger charge is -2.41. The molecular formula is C23H26ClN3O2S. The fraction of sp³-hybridized carbons (Fsp3) is 0.391. The molecule has 0 N–H and O–H groups in total. The summed E-state index contributed by atoms with van der Waals surface area (Å²) < 4.78 is 11.5. The van der Waals surface area contributed by atoms with Gasteiger partial charge in [0, 0.05) is 59.1 Å². The summed E-state index contributed by atoms with van der Waals surface area (Å²) in [5.74, 6) is 0.127. The van der Waals surface area contributed by atoms with Crippen molar-refractivity contribution in [3.05, 3.63) is 58.6 Å². The molecule has 7 heteroatoms. The zero-order chi connectivity index (χ0) is 21.9. The standard InChI is InChI=1S/C23H26ClN3O2S/c1-23(22(28)26(2)16-17-4-7-20(8-5-17)30(3)29)10-12-27(13-11-23)21-9-6-19(24)14-18(21)15-25/h4-9,14H,10-13,16H2,1-3H3. The molecule has 0 aromatic heterocycles. The Bertz CT molecular complexity index is 992. The maximum absolute atomic E-state index is 13.2. The number of hydrogen-bond acceptors (Lipinski definition) is 4. The molecule has 1 unspecified atom stereocenters. The Labute approximate surface area is 185 Å². The highest BCUT2D eigenvalue weighted by molar-refractivity contribution is 7.84. The van der Waals surface area contributed by atoms with Gasteiger partial charge in [0.25, 0.3) is 0 Å². The lowest BCUT2D eigenvalue weighted by molar-refractivity contribution is -0.141. The molecule has 1 saturated heterocycles. The fourth-order valence-electron chi connectivity index (χ4n) is 3.92. The number of benzene rings is 2. The predicted octanol–water partition coefficient (Wildman–Crippen LogP) is 4.21. The second-order valence-electron chi connectivity index (χ2n) is 8.08. The second kappa shape index (κ2) is 9.20. The van der Waals surface area contributed by atoms with Crippen LogP contribution >= 0.6 is 11.6 Å². The Hall–Kier alpha value is -2.36. The van der Waals surface area contributed by atoms with Crippen molar-refractivity contribution in [2.75, 3.05) is 31.3 Å². The fourth-order valence-corrected chi connectivity index (χ4v) is 4.61. The van der Waals surface area contributed by atoms with Crippen LogP contribution in [0.1, 0.15) is 30.9 Å². The van der Waals surface area contributed by atoms with Crippen LogP contribution in [0.2, 0.25) is 5.02 Å². The van der Waals surface area contributed by atoms with E-state index in [-0.39, 0.29) is 5.91 Å². The second-order valence-corrected chi connectivity index (χ2v) is 9.90. The first-order chi connectivity index (χ1) is 14.2. The Morgan fingerprint density at radius 2 is 1.87 bits per heavy atom. The Morgan fingerprint density at radius 1 is 1.23 bits per heavy atom. The summed E-state index contributed by atoms with van der Waals surface area (Å²) in [6, 6.07) is 15.1. The summed E-state index contributed by atoms with van der Waals surface area (Å²) in [4.78, 5) is 17.9. The smallest absolute Gasteiger partial charge is 0.228 e. The molecule has 1 heterocycles. The summed E-state index contributed by atoms with van der Waals surface area (Å²) >= 11 is 6.01. The monoisotopic (exact) mass is 443 g/mol. The Kier molecular flexibility index (Phi) is 6.84. The van der Waals surface area contributed by atoms with Crippen LogP contribution in [0, 0.1) is 16.7 Å². The van der Waals surface area contributed by atoms with Gasteiger partial charge in [0.05, 0.1) is 11.3 Å². The topological polar surface area (TPSA) is 64.4 Å². The maximum atomic E-state index is 13.2. The quantitative estimate of drug-likeness (QED) is 0.694. The SMILES string of the molecule is CN(Cc1ccc(S(C)=O)cc1)C(=O)C1(C)CCN(c2ccc(Cl)cc2C#N)CC1. The van der Waals surface area contributed by atoms with Crippen LogP contribution in [0.4, 0.5) is 5.69 Å². The highest BCUT2D eigenvalue weighted by Gasteiger charge is 2.39. The molecular weight excluding hydrogens is 418 g/mol. The average molecular weight is 444 g/mol. The van der Waals surface area contributed by atoms with Crippen molar-refractivity contribution in [2.24, 2.45) is 5.41 Å². The van der Waals surface area contributed by atoms with E-state index in [0.29, 0.717) is 30.2 Å². The van der Waals surface area contributed by atoms with Crippen LogP contribution in [0.5, 0.6) is 0 Å². The van der Waals surface area contributed by atoms with Crippen molar-refractivity contribution in [1.29, 1.82) is 5.26 Å². The van der Waals surface area contributed by atoms with Crippen LogP contribution in [0.15, 0.2) is 47.4 Å². The normalized spacial score (nSPS) is 16.6. The molecule has 158 valence electrons. The van der Waals surface area contributed by atoms with Crippen LogP contribution in [0.3, 0.4) is 0 Å². The van der Waals surface area contributed by atoms with Gasteiger partial charge in [0.1, 0.15) is 6.07 Å². The van der Waals surface area contributed by atoms with Crippen LogP contribution in [-0.4, -0.2) is 41.4 Å². The first kappa shape index (κ1) is 22.3. The number of amides is 1. The zero-order valence-electron chi connectivity index (χ0n) is 17.5. The molecule has 0 saturated carbocycles. The number of carbonyl (C=O) groups is 1. The number of anilines is 1. The lowest BCUT2D eigenvalue weighted by atomic mass is 9.78. The van der Waals surface area contributed by atoms with E-state index < -0.39 is 16.2 Å². The van der Waals surface area contributed by atoms with Gasteiger partial charge in [0.2, 0.25) is 5.91 Å². The van der Waals surface area contributed by atoms with Gasteiger partial charge in [0.15, 0.2) is 0 Å². The molecule has 0 spiro atoms. The molecule has 2 aromatic rings. The number of halogens is 1. The summed E-state index contributed by atoms with van der Waals surface area (Å²) in [6.45, 7) is 3.97. The number of piperidine rings is 1. The number of nitrogens with zero attached hydrogens (tertiary/aromatic N) is 3. The molecule has 1 atom stereocenters.